The third kappa shape index (κ3) is 3.61. The van der Waals surface area contributed by atoms with E-state index in [0.717, 1.165) is 0 Å². The highest BCUT2D eigenvalue weighted by Gasteiger charge is 2.43. The van der Waals surface area contributed by atoms with Gasteiger partial charge in [0.15, 0.2) is 11.5 Å². The van der Waals surface area contributed by atoms with E-state index in [2.05, 4.69) is 0 Å². The Labute approximate surface area is 147 Å². The van der Waals surface area contributed by atoms with Gasteiger partial charge < -0.3 is 24.4 Å². The number of aliphatic hydroxyl groups excluding tert-OH is 1. The highest BCUT2D eigenvalue weighted by Crippen LogP contribution is 2.42. The smallest absolute Gasteiger partial charge is 0.290 e. The molecule has 1 aromatic rings. The molecule has 0 saturated carbocycles. The van der Waals surface area contributed by atoms with Crippen molar-refractivity contribution in [3.05, 3.63) is 35.1 Å². The Balaban J connectivity index is 2.55. The molecule has 0 aromatic heterocycles. The highest BCUT2D eigenvalue weighted by molar-refractivity contribution is 6.08. The topological polar surface area (TPSA) is 79.3 Å². The summed E-state index contributed by atoms with van der Waals surface area (Å²) < 4.78 is 10.6. The van der Waals surface area contributed by atoms with E-state index in [1.54, 1.807) is 25.3 Å². The van der Waals surface area contributed by atoms with Crippen LogP contribution in [0.4, 0.5) is 0 Å². The number of rotatable bonds is 7. The zero-order valence-corrected chi connectivity index (χ0v) is 15.2. The molecule has 1 aliphatic heterocycles. The second kappa shape index (κ2) is 7.57. The SMILES string of the molecule is COc1ccc([C@@H]2C(C(C)=O)=C(O)C(=O)N2CCN(C)C)c(OC)c1. The van der Waals surface area contributed by atoms with Gasteiger partial charge in [-0.2, -0.15) is 0 Å². The minimum absolute atomic E-state index is 0.0900. The largest absolute Gasteiger partial charge is 0.503 e. The summed E-state index contributed by atoms with van der Waals surface area (Å²) in [5, 5.41) is 10.2. The van der Waals surface area contributed by atoms with Crippen LogP contribution in [0.1, 0.15) is 18.5 Å². The first kappa shape index (κ1) is 18.8. The molecule has 1 aliphatic rings. The maximum atomic E-state index is 12.5. The average Bonchev–Trinajstić information content (AvgIpc) is 2.83. The van der Waals surface area contributed by atoms with Gasteiger partial charge in [0.05, 0.1) is 25.8 Å². The zero-order valence-electron chi connectivity index (χ0n) is 15.2. The van der Waals surface area contributed by atoms with Crippen molar-refractivity contribution in [2.45, 2.75) is 13.0 Å². The third-order valence-electron chi connectivity index (χ3n) is 4.21. The van der Waals surface area contributed by atoms with Crippen LogP contribution in [0.25, 0.3) is 0 Å². The van der Waals surface area contributed by atoms with E-state index in [1.807, 2.05) is 19.0 Å². The minimum atomic E-state index is -0.689. The first-order chi connectivity index (χ1) is 11.8. The van der Waals surface area contributed by atoms with Crippen molar-refractivity contribution in [3.63, 3.8) is 0 Å². The van der Waals surface area contributed by atoms with Gasteiger partial charge in [-0.25, -0.2) is 0 Å². The maximum Gasteiger partial charge on any atom is 0.290 e. The number of amides is 1. The molecule has 1 atom stereocenters. The van der Waals surface area contributed by atoms with Crippen LogP contribution in [0, 0.1) is 0 Å². The molecule has 7 heteroatoms. The van der Waals surface area contributed by atoms with Crippen molar-refractivity contribution >= 4 is 11.7 Å². The van der Waals surface area contributed by atoms with Crippen molar-refractivity contribution in [1.82, 2.24) is 9.80 Å². The van der Waals surface area contributed by atoms with Gasteiger partial charge in [-0.3, -0.25) is 9.59 Å². The van der Waals surface area contributed by atoms with Gasteiger partial charge in [0, 0.05) is 24.7 Å². The fourth-order valence-corrected chi connectivity index (χ4v) is 2.92. The van der Waals surface area contributed by atoms with E-state index in [-0.39, 0.29) is 11.4 Å². The van der Waals surface area contributed by atoms with Crippen molar-refractivity contribution in [2.75, 3.05) is 41.4 Å². The standard InChI is InChI=1S/C18H24N2O5/c1-11(21)15-16(13-7-6-12(24-4)10-14(13)25-5)20(9-8-19(2)3)18(23)17(15)22/h6-7,10,16,22H,8-9H2,1-5H3/t16-/m1/s1. The molecular formula is C18H24N2O5. The van der Waals surface area contributed by atoms with Gasteiger partial charge in [-0.05, 0) is 33.2 Å². The molecule has 25 heavy (non-hydrogen) atoms. The van der Waals surface area contributed by atoms with Crippen LogP contribution in [-0.4, -0.2) is 68.0 Å². The molecule has 0 fully saturated rings. The average molecular weight is 348 g/mol. The first-order valence-corrected chi connectivity index (χ1v) is 7.93. The summed E-state index contributed by atoms with van der Waals surface area (Å²) in [4.78, 5) is 28.1. The molecule has 1 heterocycles. The van der Waals surface area contributed by atoms with E-state index < -0.39 is 17.7 Å². The van der Waals surface area contributed by atoms with Crippen LogP contribution in [0.15, 0.2) is 29.5 Å². The van der Waals surface area contributed by atoms with Crippen LogP contribution in [0.2, 0.25) is 0 Å². The second-order valence-electron chi connectivity index (χ2n) is 6.13. The Kier molecular flexibility index (Phi) is 5.69. The normalized spacial score (nSPS) is 17.4. The fraction of sp³-hybridized carbons (Fsp3) is 0.444. The lowest BCUT2D eigenvalue weighted by Gasteiger charge is -2.28. The van der Waals surface area contributed by atoms with Crippen molar-refractivity contribution in [3.8, 4) is 11.5 Å². The summed E-state index contributed by atoms with van der Waals surface area (Å²) in [5.74, 6) is -0.298. The molecule has 7 nitrogen and oxygen atoms in total. The van der Waals surface area contributed by atoms with E-state index in [4.69, 9.17) is 9.47 Å². The summed E-state index contributed by atoms with van der Waals surface area (Å²) in [6.45, 7) is 2.31. The molecule has 0 unspecified atom stereocenters. The quantitative estimate of drug-likeness (QED) is 0.805. The van der Waals surface area contributed by atoms with Gasteiger partial charge in [-0.1, -0.05) is 0 Å². The molecule has 0 radical (unpaired) electrons. The number of methoxy groups -OCH3 is 2. The van der Waals surface area contributed by atoms with Crippen LogP contribution in [-0.2, 0) is 9.59 Å². The van der Waals surface area contributed by atoms with E-state index in [9.17, 15) is 14.7 Å². The summed E-state index contributed by atoms with van der Waals surface area (Å²) in [6, 6.07) is 4.49. The molecule has 0 spiro atoms. The molecule has 0 saturated heterocycles. The number of Topliss-reactive ketones (excluding diaryl/α,β-unsaturated/α-hetero) is 1. The predicted octanol–water partition coefficient (Wildman–Crippen LogP) is 1.55. The summed E-state index contributed by atoms with van der Waals surface area (Å²) >= 11 is 0. The maximum absolute atomic E-state index is 12.5. The van der Waals surface area contributed by atoms with E-state index in [0.29, 0.717) is 30.2 Å². The zero-order chi connectivity index (χ0) is 18.7. The molecule has 1 amide bonds. The molecule has 1 N–H and O–H groups in total. The molecule has 0 bridgehead atoms. The fourth-order valence-electron chi connectivity index (χ4n) is 2.92. The Morgan fingerprint density at radius 1 is 1.28 bits per heavy atom. The van der Waals surface area contributed by atoms with Crippen molar-refractivity contribution in [2.24, 2.45) is 0 Å². The number of benzene rings is 1. The van der Waals surface area contributed by atoms with Gasteiger partial charge in [-0.15, -0.1) is 0 Å². The van der Waals surface area contributed by atoms with Crippen LogP contribution in [0.3, 0.4) is 0 Å². The monoisotopic (exact) mass is 348 g/mol. The Bertz CT molecular complexity index is 711. The number of ketones is 1. The number of carbonyl (C=O) groups excluding carboxylic acids is 2. The molecule has 0 aliphatic carbocycles. The Morgan fingerprint density at radius 2 is 1.96 bits per heavy atom. The highest BCUT2D eigenvalue weighted by atomic mass is 16.5. The van der Waals surface area contributed by atoms with Gasteiger partial charge >= 0.3 is 0 Å². The Hall–Kier alpha value is -2.54. The molecule has 136 valence electrons. The lowest BCUT2D eigenvalue weighted by atomic mass is 9.95. The van der Waals surface area contributed by atoms with Gasteiger partial charge in [0.2, 0.25) is 0 Å². The first-order valence-electron chi connectivity index (χ1n) is 7.93. The summed E-state index contributed by atoms with van der Waals surface area (Å²) in [7, 11) is 6.84. The third-order valence-corrected chi connectivity index (χ3v) is 4.21. The lowest BCUT2D eigenvalue weighted by Crippen LogP contribution is -2.36. The van der Waals surface area contributed by atoms with Crippen LogP contribution in [0.5, 0.6) is 11.5 Å². The molecular weight excluding hydrogens is 324 g/mol. The van der Waals surface area contributed by atoms with Crippen molar-refractivity contribution < 1.29 is 24.2 Å². The van der Waals surface area contributed by atoms with Crippen LogP contribution < -0.4 is 9.47 Å². The van der Waals surface area contributed by atoms with Gasteiger partial charge in [0.1, 0.15) is 11.5 Å². The molecule has 1 aromatic carbocycles. The number of hydrogen-bond donors (Lipinski definition) is 1. The van der Waals surface area contributed by atoms with E-state index >= 15 is 0 Å². The summed E-state index contributed by atoms with van der Waals surface area (Å²) in [6.07, 6.45) is 0. The number of likely N-dealkylation sites (N-methyl/N-ethyl adjacent to an activating group) is 1. The number of ether oxygens (including phenoxy) is 2. The number of carbonyl (C=O) groups is 2. The van der Waals surface area contributed by atoms with E-state index in [1.165, 1.54) is 18.9 Å². The van der Waals surface area contributed by atoms with Crippen LogP contribution >= 0.6 is 0 Å². The van der Waals surface area contributed by atoms with Gasteiger partial charge in [0.25, 0.3) is 5.91 Å². The summed E-state index contributed by atoms with van der Waals surface area (Å²) in [5.41, 5.74) is 0.719. The number of nitrogens with zero attached hydrogens (tertiary/aromatic N) is 2. The number of aliphatic hydroxyl groups is 1. The minimum Gasteiger partial charge on any atom is -0.503 e. The Morgan fingerprint density at radius 3 is 2.48 bits per heavy atom. The predicted molar refractivity (Wildman–Crippen MR) is 92.9 cm³/mol. The van der Waals surface area contributed by atoms with Crippen molar-refractivity contribution in [1.29, 1.82) is 0 Å². The lowest BCUT2D eigenvalue weighted by molar-refractivity contribution is -0.129. The molecule has 2 rings (SSSR count). The number of hydrogen-bond acceptors (Lipinski definition) is 6. The second-order valence-corrected chi connectivity index (χ2v) is 6.13.